The third-order valence-electron chi connectivity index (χ3n) is 4.65. The van der Waals surface area contributed by atoms with Crippen LogP contribution in [-0.4, -0.2) is 20.7 Å². The minimum Gasteiger partial charge on any atom is -0.347 e. The molecule has 1 aromatic carbocycles. The molecule has 1 N–H and O–H groups in total. The summed E-state index contributed by atoms with van der Waals surface area (Å²) in [4.78, 5) is 18.4. The van der Waals surface area contributed by atoms with Gasteiger partial charge in [-0.3, -0.25) is 9.48 Å². The lowest BCUT2D eigenvalue weighted by Gasteiger charge is -2.07. The van der Waals surface area contributed by atoms with Crippen molar-refractivity contribution in [2.75, 3.05) is 0 Å². The topological polar surface area (TPSA) is 59.8 Å². The first-order chi connectivity index (χ1) is 13.0. The van der Waals surface area contributed by atoms with Crippen LogP contribution in [0.1, 0.15) is 51.9 Å². The van der Waals surface area contributed by atoms with Crippen LogP contribution in [0, 0.1) is 13.8 Å². The highest BCUT2D eigenvalue weighted by atomic mass is 32.1. The Hall–Kier alpha value is -2.47. The normalized spacial score (nSPS) is 11.0. The Bertz CT molecular complexity index is 942. The summed E-state index contributed by atoms with van der Waals surface area (Å²) in [5.41, 5.74) is 4.86. The van der Waals surface area contributed by atoms with E-state index < -0.39 is 0 Å². The molecule has 5 nitrogen and oxygen atoms in total. The maximum atomic E-state index is 12.6. The van der Waals surface area contributed by atoms with Gasteiger partial charge in [0.2, 0.25) is 0 Å². The fraction of sp³-hybridized carbons (Fsp3) is 0.381. The van der Waals surface area contributed by atoms with Crippen molar-refractivity contribution in [2.24, 2.45) is 0 Å². The number of hydrogen-bond donors (Lipinski definition) is 1. The van der Waals surface area contributed by atoms with Gasteiger partial charge in [0, 0.05) is 28.2 Å². The highest BCUT2D eigenvalue weighted by Crippen LogP contribution is 2.24. The number of benzene rings is 1. The third kappa shape index (κ3) is 4.27. The number of carbonyl (C=O) groups is 1. The average molecular weight is 383 g/mol. The van der Waals surface area contributed by atoms with E-state index >= 15 is 0 Å². The zero-order chi connectivity index (χ0) is 19.4. The smallest absolute Gasteiger partial charge is 0.251 e. The minimum atomic E-state index is -0.0674. The second-order valence-corrected chi connectivity index (χ2v) is 7.76. The molecule has 0 atom stereocenters. The summed E-state index contributed by atoms with van der Waals surface area (Å²) < 4.78 is 1.96. The van der Waals surface area contributed by atoms with E-state index in [0.29, 0.717) is 12.1 Å². The summed E-state index contributed by atoms with van der Waals surface area (Å²) in [6.45, 7) is 9.63. The second-order valence-electron chi connectivity index (χ2n) is 6.59. The molecular weight excluding hydrogens is 356 g/mol. The van der Waals surface area contributed by atoms with Crippen LogP contribution >= 0.6 is 11.3 Å². The molecule has 3 rings (SSSR count). The molecule has 2 aromatic heterocycles. The zero-order valence-corrected chi connectivity index (χ0v) is 17.2. The number of hydrogen-bond acceptors (Lipinski definition) is 4. The first-order valence-corrected chi connectivity index (χ1v) is 10.2. The molecule has 0 saturated carbocycles. The van der Waals surface area contributed by atoms with Gasteiger partial charge in [0.25, 0.3) is 5.91 Å². The van der Waals surface area contributed by atoms with Crippen molar-refractivity contribution in [3.8, 4) is 11.1 Å². The molecule has 0 radical (unpaired) electrons. The number of aryl methyl sites for hydroxylation is 3. The standard InChI is InChI=1S/C21H26N4OS/c1-5-8-20-24-14(3)19(27-20)13-22-21(26)17-10-7-9-16(11-17)18-12-23-25(6-2)15(18)4/h7,9-12H,5-6,8,13H2,1-4H3,(H,22,26). The van der Waals surface area contributed by atoms with Crippen molar-refractivity contribution in [1.82, 2.24) is 20.1 Å². The van der Waals surface area contributed by atoms with Gasteiger partial charge in [-0.25, -0.2) is 4.98 Å². The lowest BCUT2D eigenvalue weighted by molar-refractivity contribution is 0.0951. The van der Waals surface area contributed by atoms with Gasteiger partial charge in [-0.15, -0.1) is 11.3 Å². The van der Waals surface area contributed by atoms with Crippen LogP contribution in [0.25, 0.3) is 11.1 Å². The number of nitrogens with zero attached hydrogens (tertiary/aromatic N) is 3. The van der Waals surface area contributed by atoms with E-state index in [1.165, 1.54) is 0 Å². The zero-order valence-electron chi connectivity index (χ0n) is 16.4. The van der Waals surface area contributed by atoms with Gasteiger partial charge < -0.3 is 5.32 Å². The molecule has 0 unspecified atom stereocenters. The molecule has 27 heavy (non-hydrogen) atoms. The Labute approximate surface area is 164 Å². The van der Waals surface area contributed by atoms with E-state index in [1.807, 2.05) is 42.1 Å². The van der Waals surface area contributed by atoms with E-state index in [2.05, 4.69) is 36.2 Å². The molecule has 0 aliphatic rings. The van der Waals surface area contributed by atoms with Crippen LogP contribution in [0.5, 0.6) is 0 Å². The molecular formula is C21H26N4OS. The van der Waals surface area contributed by atoms with Crippen molar-refractivity contribution in [1.29, 1.82) is 0 Å². The number of nitrogens with one attached hydrogen (secondary N) is 1. The van der Waals surface area contributed by atoms with E-state index in [1.54, 1.807) is 11.3 Å². The molecule has 0 fully saturated rings. The van der Waals surface area contributed by atoms with Gasteiger partial charge in [0.05, 0.1) is 23.4 Å². The molecule has 142 valence electrons. The van der Waals surface area contributed by atoms with Gasteiger partial charge in [0.1, 0.15) is 0 Å². The predicted octanol–water partition coefficient (Wildman–Crippen LogP) is 4.53. The molecule has 0 saturated heterocycles. The molecule has 0 spiro atoms. The van der Waals surface area contributed by atoms with Gasteiger partial charge in [-0.2, -0.15) is 5.10 Å². The van der Waals surface area contributed by atoms with Crippen molar-refractivity contribution >= 4 is 17.2 Å². The third-order valence-corrected chi connectivity index (χ3v) is 5.87. The number of amides is 1. The molecule has 0 aliphatic heterocycles. The summed E-state index contributed by atoms with van der Waals surface area (Å²) in [7, 11) is 0. The Morgan fingerprint density at radius 2 is 2.07 bits per heavy atom. The fourth-order valence-electron chi connectivity index (χ4n) is 3.11. The maximum absolute atomic E-state index is 12.6. The maximum Gasteiger partial charge on any atom is 0.251 e. The Morgan fingerprint density at radius 1 is 1.26 bits per heavy atom. The summed E-state index contributed by atoms with van der Waals surface area (Å²) in [5.74, 6) is -0.0674. The molecule has 0 bridgehead atoms. The SMILES string of the molecule is CCCc1nc(C)c(CNC(=O)c2cccc(-c3cnn(CC)c3C)c2)s1. The van der Waals surface area contributed by atoms with Crippen LogP contribution in [0.3, 0.4) is 0 Å². The van der Waals surface area contributed by atoms with Crippen molar-refractivity contribution in [3.05, 3.63) is 57.3 Å². The Morgan fingerprint density at radius 3 is 2.78 bits per heavy atom. The molecule has 0 aliphatic carbocycles. The van der Waals surface area contributed by atoms with Gasteiger partial charge in [-0.1, -0.05) is 19.1 Å². The monoisotopic (exact) mass is 382 g/mol. The summed E-state index contributed by atoms with van der Waals surface area (Å²) >= 11 is 1.69. The van der Waals surface area contributed by atoms with Crippen LogP contribution in [0.2, 0.25) is 0 Å². The Balaban J connectivity index is 1.73. The Kier molecular flexibility index (Phi) is 6.06. The number of carbonyl (C=O) groups excluding carboxylic acids is 1. The van der Waals surface area contributed by atoms with Crippen molar-refractivity contribution in [3.63, 3.8) is 0 Å². The van der Waals surface area contributed by atoms with E-state index in [4.69, 9.17) is 0 Å². The minimum absolute atomic E-state index is 0.0674. The lowest BCUT2D eigenvalue weighted by Crippen LogP contribution is -2.22. The highest BCUT2D eigenvalue weighted by Gasteiger charge is 2.13. The molecule has 1 amide bonds. The average Bonchev–Trinajstić information content (AvgIpc) is 3.22. The number of rotatable bonds is 7. The summed E-state index contributed by atoms with van der Waals surface area (Å²) in [6.07, 6.45) is 3.94. The first kappa shape index (κ1) is 19.3. The van der Waals surface area contributed by atoms with Crippen LogP contribution in [-0.2, 0) is 19.5 Å². The summed E-state index contributed by atoms with van der Waals surface area (Å²) in [5, 5.41) is 8.57. The van der Waals surface area contributed by atoms with Crippen LogP contribution < -0.4 is 5.32 Å². The van der Waals surface area contributed by atoms with E-state index in [-0.39, 0.29) is 5.91 Å². The van der Waals surface area contributed by atoms with E-state index in [9.17, 15) is 4.79 Å². The number of aromatic nitrogens is 3. The van der Waals surface area contributed by atoms with Crippen LogP contribution in [0.4, 0.5) is 0 Å². The lowest BCUT2D eigenvalue weighted by atomic mass is 10.0. The van der Waals surface area contributed by atoms with Gasteiger partial charge in [0.15, 0.2) is 0 Å². The highest BCUT2D eigenvalue weighted by molar-refractivity contribution is 7.11. The quantitative estimate of drug-likeness (QED) is 0.653. The van der Waals surface area contributed by atoms with E-state index in [0.717, 1.165) is 51.8 Å². The van der Waals surface area contributed by atoms with Crippen LogP contribution in [0.15, 0.2) is 30.5 Å². The van der Waals surface area contributed by atoms with Crippen molar-refractivity contribution < 1.29 is 4.79 Å². The van der Waals surface area contributed by atoms with Gasteiger partial charge >= 0.3 is 0 Å². The number of thiazole rings is 1. The predicted molar refractivity (Wildman–Crippen MR) is 110 cm³/mol. The fourth-order valence-corrected chi connectivity index (χ4v) is 4.22. The largest absolute Gasteiger partial charge is 0.347 e. The van der Waals surface area contributed by atoms with Crippen molar-refractivity contribution in [2.45, 2.75) is 53.6 Å². The first-order valence-electron chi connectivity index (χ1n) is 9.39. The summed E-state index contributed by atoms with van der Waals surface area (Å²) in [6, 6.07) is 7.72. The van der Waals surface area contributed by atoms with Gasteiger partial charge in [-0.05, 0) is 51.3 Å². The molecule has 2 heterocycles. The second kappa shape index (κ2) is 8.48. The molecule has 3 aromatic rings. The molecule has 6 heteroatoms.